The fraction of sp³-hybridized carbons (Fsp3) is 0.148. The van der Waals surface area contributed by atoms with Gasteiger partial charge in [-0.3, -0.25) is 14.5 Å². The van der Waals surface area contributed by atoms with Crippen molar-refractivity contribution in [1.29, 1.82) is 0 Å². The van der Waals surface area contributed by atoms with E-state index in [0.29, 0.717) is 6.54 Å². The molecule has 5 aromatic rings. The molecule has 0 aliphatic heterocycles. The Morgan fingerprint density at radius 2 is 1.65 bits per heavy atom. The van der Waals surface area contributed by atoms with E-state index < -0.39 is 0 Å². The van der Waals surface area contributed by atoms with Crippen LogP contribution in [-0.4, -0.2) is 34.9 Å². The molecule has 0 fully saturated rings. The molecule has 5 rings (SSSR count). The predicted octanol–water partition coefficient (Wildman–Crippen LogP) is 4.59. The fourth-order valence-electron chi connectivity index (χ4n) is 4.02. The molecule has 7 heteroatoms. The van der Waals surface area contributed by atoms with Crippen molar-refractivity contribution >= 4 is 27.7 Å². The number of amides is 1. The lowest BCUT2D eigenvalue weighted by atomic mass is 10.1. The van der Waals surface area contributed by atoms with Crippen LogP contribution in [0.3, 0.4) is 0 Å². The summed E-state index contributed by atoms with van der Waals surface area (Å²) in [7, 11) is 3.26. The second-order valence-corrected chi connectivity index (χ2v) is 7.90. The SMILES string of the molecule is COc1ccc(CNC(=O)Cn2nc(-c3ccccc3)c3cnc4ccc(OC)cc4c32)cc1. The molecular weight excluding hydrogens is 428 g/mol. The maximum absolute atomic E-state index is 12.9. The molecule has 0 unspecified atom stereocenters. The second-order valence-electron chi connectivity index (χ2n) is 7.90. The second kappa shape index (κ2) is 9.23. The number of hydrogen-bond donors (Lipinski definition) is 1. The fourth-order valence-corrected chi connectivity index (χ4v) is 4.02. The smallest absolute Gasteiger partial charge is 0.242 e. The van der Waals surface area contributed by atoms with Gasteiger partial charge in [0.15, 0.2) is 0 Å². The molecule has 0 atom stereocenters. The lowest BCUT2D eigenvalue weighted by Crippen LogP contribution is -2.27. The summed E-state index contributed by atoms with van der Waals surface area (Å²) in [5.74, 6) is 1.37. The van der Waals surface area contributed by atoms with Gasteiger partial charge in [-0.05, 0) is 35.9 Å². The number of rotatable bonds is 7. The first-order valence-electron chi connectivity index (χ1n) is 10.9. The van der Waals surface area contributed by atoms with Crippen LogP contribution in [0.1, 0.15) is 5.56 Å². The number of ether oxygens (including phenoxy) is 2. The minimum atomic E-state index is -0.132. The van der Waals surface area contributed by atoms with Crippen molar-refractivity contribution in [2.24, 2.45) is 0 Å². The third-order valence-corrected chi connectivity index (χ3v) is 5.77. The van der Waals surface area contributed by atoms with Crippen LogP contribution in [0.2, 0.25) is 0 Å². The van der Waals surface area contributed by atoms with Gasteiger partial charge >= 0.3 is 0 Å². The van der Waals surface area contributed by atoms with Crippen LogP contribution in [-0.2, 0) is 17.9 Å². The molecule has 0 bridgehead atoms. The van der Waals surface area contributed by atoms with Gasteiger partial charge in [0.1, 0.15) is 23.7 Å². The molecule has 34 heavy (non-hydrogen) atoms. The van der Waals surface area contributed by atoms with Gasteiger partial charge in [0.2, 0.25) is 5.91 Å². The molecule has 1 amide bonds. The number of methoxy groups -OCH3 is 2. The van der Waals surface area contributed by atoms with Crippen molar-refractivity contribution in [1.82, 2.24) is 20.1 Å². The van der Waals surface area contributed by atoms with Gasteiger partial charge in [-0.2, -0.15) is 5.10 Å². The van der Waals surface area contributed by atoms with Crippen LogP contribution in [0.25, 0.3) is 33.1 Å². The molecule has 3 aromatic carbocycles. The van der Waals surface area contributed by atoms with Gasteiger partial charge in [0.05, 0.1) is 25.3 Å². The zero-order valence-corrected chi connectivity index (χ0v) is 19.0. The molecule has 0 aliphatic carbocycles. The predicted molar refractivity (Wildman–Crippen MR) is 132 cm³/mol. The van der Waals surface area contributed by atoms with Crippen molar-refractivity contribution in [2.45, 2.75) is 13.1 Å². The average Bonchev–Trinajstić information content (AvgIpc) is 3.26. The first-order valence-corrected chi connectivity index (χ1v) is 10.9. The number of hydrogen-bond acceptors (Lipinski definition) is 5. The first-order chi connectivity index (χ1) is 16.7. The number of fused-ring (bicyclic) bond motifs is 3. The van der Waals surface area contributed by atoms with E-state index in [1.54, 1.807) is 18.9 Å². The highest BCUT2D eigenvalue weighted by Gasteiger charge is 2.18. The largest absolute Gasteiger partial charge is 0.497 e. The number of benzene rings is 3. The summed E-state index contributed by atoms with van der Waals surface area (Å²) >= 11 is 0. The zero-order chi connectivity index (χ0) is 23.5. The van der Waals surface area contributed by atoms with E-state index in [0.717, 1.165) is 50.1 Å². The third kappa shape index (κ3) is 4.15. The van der Waals surface area contributed by atoms with E-state index in [4.69, 9.17) is 14.6 Å². The Labute approximate surface area is 196 Å². The maximum atomic E-state index is 12.9. The van der Waals surface area contributed by atoms with E-state index in [9.17, 15) is 4.79 Å². The molecular formula is C27H24N4O3. The van der Waals surface area contributed by atoms with Gasteiger partial charge in [-0.25, -0.2) is 0 Å². The van der Waals surface area contributed by atoms with Crippen LogP contribution >= 0.6 is 0 Å². The number of aromatic nitrogens is 3. The van der Waals surface area contributed by atoms with Gasteiger partial charge < -0.3 is 14.8 Å². The van der Waals surface area contributed by atoms with Crippen molar-refractivity contribution < 1.29 is 14.3 Å². The Morgan fingerprint density at radius 3 is 2.38 bits per heavy atom. The third-order valence-electron chi connectivity index (χ3n) is 5.77. The Hall–Kier alpha value is -4.39. The highest BCUT2D eigenvalue weighted by Crippen LogP contribution is 2.33. The number of pyridine rings is 1. The monoisotopic (exact) mass is 452 g/mol. The van der Waals surface area contributed by atoms with Crippen molar-refractivity contribution in [3.63, 3.8) is 0 Å². The van der Waals surface area contributed by atoms with E-state index in [-0.39, 0.29) is 12.5 Å². The van der Waals surface area contributed by atoms with E-state index in [1.807, 2.05) is 79.0 Å². The zero-order valence-electron chi connectivity index (χ0n) is 19.0. The van der Waals surface area contributed by atoms with Crippen LogP contribution in [0.15, 0.2) is 79.0 Å². The normalized spacial score (nSPS) is 11.0. The van der Waals surface area contributed by atoms with Crippen molar-refractivity contribution in [3.8, 4) is 22.8 Å². The minimum Gasteiger partial charge on any atom is -0.497 e. The average molecular weight is 453 g/mol. The van der Waals surface area contributed by atoms with Gasteiger partial charge in [0.25, 0.3) is 0 Å². The molecule has 2 heterocycles. The highest BCUT2D eigenvalue weighted by molar-refractivity contribution is 6.08. The molecule has 0 aliphatic rings. The Kier molecular flexibility index (Phi) is 5.82. The molecule has 7 nitrogen and oxygen atoms in total. The lowest BCUT2D eigenvalue weighted by molar-refractivity contribution is -0.121. The Morgan fingerprint density at radius 1 is 0.912 bits per heavy atom. The molecule has 0 saturated heterocycles. The van der Waals surface area contributed by atoms with Crippen LogP contribution < -0.4 is 14.8 Å². The molecule has 0 saturated carbocycles. The molecule has 2 aromatic heterocycles. The Balaban J connectivity index is 1.52. The van der Waals surface area contributed by atoms with Gasteiger partial charge in [-0.1, -0.05) is 42.5 Å². The summed E-state index contributed by atoms with van der Waals surface area (Å²) in [4.78, 5) is 17.6. The number of carbonyl (C=O) groups excluding carboxylic acids is 1. The highest BCUT2D eigenvalue weighted by atomic mass is 16.5. The molecule has 1 N–H and O–H groups in total. The Bertz CT molecular complexity index is 1460. The summed E-state index contributed by atoms with van der Waals surface area (Å²) in [6.45, 7) is 0.500. The van der Waals surface area contributed by atoms with E-state index in [2.05, 4.69) is 10.3 Å². The number of carbonyl (C=O) groups is 1. The number of nitrogens with zero attached hydrogens (tertiary/aromatic N) is 3. The van der Waals surface area contributed by atoms with Crippen molar-refractivity contribution in [3.05, 3.63) is 84.6 Å². The summed E-state index contributed by atoms with van der Waals surface area (Å²) in [6.07, 6.45) is 1.82. The van der Waals surface area contributed by atoms with Crippen LogP contribution in [0, 0.1) is 0 Å². The van der Waals surface area contributed by atoms with Crippen LogP contribution in [0.5, 0.6) is 11.5 Å². The lowest BCUT2D eigenvalue weighted by Gasteiger charge is -2.09. The molecule has 0 radical (unpaired) electrons. The topological polar surface area (TPSA) is 78.3 Å². The first kappa shape index (κ1) is 21.5. The molecule has 0 spiro atoms. The van der Waals surface area contributed by atoms with E-state index >= 15 is 0 Å². The standard InChI is InChI=1S/C27H24N4O3/c1-33-20-10-8-18(9-11-20)15-29-25(32)17-31-27-22-14-21(34-2)12-13-24(22)28-16-23(27)26(30-31)19-6-4-3-5-7-19/h3-14,16H,15,17H2,1-2H3,(H,29,32). The number of nitrogens with one attached hydrogen (secondary N) is 1. The van der Waals surface area contributed by atoms with Gasteiger partial charge in [-0.15, -0.1) is 0 Å². The summed E-state index contributed by atoms with van der Waals surface area (Å²) in [6, 6.07) is 23.3. The maximum Gasteiger partial charge on any atom is 0.242 e. The van der Waals surface area contributed by atoms with Gasteiger partial charge in [0, 0.05) is 29.1 Å². The van der Waals surface area contributed by atoms with Crippen molar-refractivity contribution in [2.75, 3.05) is 14.2 Å². The summed E-state index contributed by atoms with van der Waals surface area (Å²) < 4.78 is 12.4. The molecule has 170 valence electrons. The summed E-state index contributed by atoms with van der Waals surface area (Å²) in [5, 5.41) is 9.60. The quantitative estimate of drug-likeness (QED) is 0.391. The van der Waals surface area contributed by atoms with E-state index in [1.165, 1.54) is 0 Å². The van der Waals surface area contributed by atoms with Crippen LogP contribution in [0.4, 0.5) is 0 Å². The minimum absolute atomic E-state index is 0.0792. The summed E-state index contributed by atoms with van der Waals surface area (Å²) in [5.41, 5.74) is 4.41.